The molecule has 0 saturated heterocycles. The molecular weight excluding hydrogens is 448 g/mol. The third kappa shape index (κ3) is 4.80. The number of aryl methyl sites for hydroxylation is 1. The zero-order valence-electron chi connectivity index (χ0n) is 16.2. The van der Waals surface area contributed by atoms with Crippen molar-refractivity contribution in [3.8, 4) is 23.6 Å². The van der Waals surface area contributed by atoms with E-state index in [1.165, 1.54) is 5.56 Å². The maximum atomic E-state index is 13.0. The van der Waals surface area contributed by atoms with Gasteiger partial charge in [0.2, 0.25) is 0 Å². The number of anilines is 1. The quantitative estimate of drug-likeness (QED) is 0.485. The Morgan fingerprint density at radius 2 is 1.71 bits per heavy atom. The van der Waals surface area contributed by atoms with Crippen LogP contribution >= 0.6 is 23.2 Å². The Morgan fingerprint density at radius 1 is 1.10 bits per heavy atom. The van der Waals surface area contributed by atoms with Gasteiger partial charge < -0.3 is 5.73 Å². The number of nitriles is 1. The number of alkyl halides is 3. The van der Waals surface area contributed by atoms with E-state index in [9.17, 15) is 18.4 Å². The Morgan fingerprint density at radius 3 is 2.23 bits per heavy atom. The van der Waals surface area contributed by atoms with Gasteiger partial charge in [0.1, 0.15) is 23.1 Å². The fourth-order valence-electron chi connectivity index (χ4n) is 2.91. The van der Waals surface area contributed by atoms with Gasteiger partial charge in [-0.3, -0.25) is 0 Å². The third-order valence-electron chi connectivity index (χ3n) is 4.41. The molecule has 0 amide bonds. The fraction of sp³-hybridized carbons (Fsp3) is 0.182. The van der Waals surface area contributed by atoms with E-state index in [4.69, 9.17) is 28.9 Å². The summed E-state index contributed by atoms with van der Waals surface area (Å²) < 4.78 is 40.0. The predicted molar refractivity (Wildman–Crippen MR) is 114 cm³/mol. The van der Waals surface area contributed by atoms with Crippen LogP contribution in [-0.2, 0) is 12.6 Å². The zero-order chi connectivity index (χ0) is 22.8. The van der Waals surface area contributed by atoms with Gasteiger partial charge in [-0.1, -0.05) is 60.5 Å². The molecule has 1 heterocycles. The lowest BCUT2D eigenvalue weighted by molar-refractivity contribution is -0.137. The molecule has 0 saturated carbocycles. The Hall–Kier alpha value is -3.13. The second-order valence-electron chi connectivity index (χ2n) is 6.62. The van der Waals surface area contributed by atoms with Crippen LogP contribution in [-0.4, -0.2) is 9.78 Å². The van der Waals surface area contributed by atoms with Gasteiger partial charge in [-0.15, -0.1) is 0 Å². The first-order valence-electron chi connectivity index (χ1n) is 9.11. The zero-order valence-corrected chi connectivity index (χ0v) is 17.7. The predicted octanol–water partition coefficient (Wildman–Crippen LogP) is 6.00. The molecule has 158 valence electrons. The van der Waals surface area contributed by atoms with Crippen LogP contribution in [0.2, 0.25) is 10.0 Å². The number of nitrogens with two attached hydrogens (primary N) is 1. The minimum absolute atomic E-state index is 0.0600. The first-order chi connectivity index (χ1) is 14.7. The minimum atomic E-state index is -4.62. The highest BCUT2D eigenvalue weighted by Crippen LogP contribution is 2.38. The summed E-state index contributed by atoms with van der Waals surface area (Å²) in [6, 6.07) is 11.0. The molecule has 0 fully saturated rings. The lowest BCUT2D eigenvalue weighted by Crippen LogP contribution is -2.08. The summed E-state index contributed by atoms with van der Waals surface area (Å²) in [7, 11) is 0. The summed E-state index contributed by atoms with van der Waals surface area (Å²) in [5.41, 5.74) is 6.96. The van der Waals surface area contributed by atoms with Gasteiger partial charge in [0.15, 0.2) is 5.69 Å². The van der Waals surface area contributed by atoms with Crippen LogP contribution in [0, 0.1) is 23.2 Å². The molecule has 0 radical (unpaired) electrons. The number of rotatable bonds is 3. The fourth-order valence-corrected chi connectivity index (χ4v) is 3.56. The van der Waals surface area contributed by atoms with Crippen LogP contribution in [0.15, 0.2) is 36.4 Å². The normalized spacial score (nSPS) is 11.0. The molecule has 4 nitrogen and oxygen atoms in total. The van der Waals surface area contributed by atoms with Crippen molar-refractivity contribution in [1.82, 2.24) is 9.78 Å². The second-order valence-corrected chi connectivity index (χ2v) is 7.43. The largest absolute Gasteiger partial charge is 0.416 e. The van der Waals surface area contributed by atoms with Crippen molar-refractivity contribution in [2.75, 3.05) is 5.73 Å². The van der Waals surface area contributed by atoms with Gasteiger partial charge in [-0.25, -0.2) is 4.68 Å². The van der Waals surface area contributed by atoms with E-state index in [0.29, 0.717) is 5.56 Å². The minimum Gasteiger partial charge on any atom is -0.383 e. The molecule has 0 atom stereocenters. The lowest BCUT2D eigenvalue weighted by Gasteiger charge is -2.13. The number of aromatic nitrogens is 2. The summed E-state index contributed by atoms with van der Waals surface area (Å²) in [4.78, 5) is 0. The SMILES string of the molecule is CCCc1ccc(C#Cc2c(C#N)nn(-c3c(Cl)cc(C(F)(F)F)cc3Cl)c2N)cc1. The summed E-state index contributed by atoms with van der Waals surface area (Å²) in [6.07, 6.45) is -2.63. The molecule has 0 aliphatic rings. The van der Waals surface area contributed by atoms with Crippen molar-refractivity contribution >= 4 is 29.0 Å². The van der Waals surface area contributed by atoms with E-state index in [0.717, 1.165) is 29.7 Å². The molecule has 0 aliphatic carbocycles. The van der Waals surface area contributed by atoms with E-state index >= 15 is 0 Å². The molecule has 31 heavy (non-hydrogen) atoms. The smallest absolute Gasteiger partial charge is 0.383 e. The molecule has 3 rings (SSSR count). The Balaban J connectivity index is 2.05. The van der Waals surface area contributed by atoms with Crippen LogP contribution in [0.3, 0.4) is 0 Å². The highest BCUT2D eigenvalue weighted by Gasteiger charge is 2.32. The van der Waals surface area contributed by atoms with E-state index in [1.54, 1.807) is 0 Å². The Bertz CT molecular complexity index is 1200. The highest BCUT2D eigenvalue weighted by atomic mass is 35.5. The Labute approximate surface area is 187 Å². The number of halogens is 5. The Kier molecular flexibility index (Phi) is 6.50. The van der Waals surface area contributed by atoms with E-state index < -0.39 is 11.7 Å². The van der Waals surface area contributed by atoms with Gasteiger partial charge in [0.25, 0.3) is 0 Å². The topological polar surface area (TPSA) is 67.6 Å². The van der Waals surface area contributed by atoms with Gasteiger partial charge in [0.05, 0.1) is 15.6 Å². The summed E-state index contributed by atoms with van der Waals surface area (Å²) in [5.74, 6) is 5.68. The van der Waals surface area contributed by atoms with Gasteiger partial charge >= 0.3 is 6.18 Å². The number of nitrogens with zero attached hydrogens (tertiary/aromatic N) is 3. The van der Waals surface area contributed by atoms with Crippen LogP contribution in [0.25, 0.3) is 5.69 Å². The molecule has 0 bridgehead atoms. The van der Waals surface area contributed by atoms with Crippen LogP contribution in [0.5, 0.6) is 0 Å². The number of nitrogen functional groups attached to an aromatic ring is 1. The first kappa shape index (κ1) is 22.6. The molecule has 0 spiro atoms. The molecule has 9 heteroatoms. The lowest BCUT2D eigenvalue weighted by atomic mass is 10.1. The number of benzene rings is 2. The second kappa shape index (κ2) is 8.93. The van der Waals surface area contributed by atoms with Crippen molar-refractivity contribution in [2.45, 2.75) is 25.9 Å². The van der Waals surface area contributed by atoms with E-state index in [-0.39, 0.29) is 32.8 Å². The standard InChI is InChI=1S/C22H15Cl2F3N4/c1-2-3-13-4-6-14(7-5-13)8-9-16-19(12-28)30-31(21(16)29)20-17(23)10-15(11-18(20)24)22(25,26)27/h4-7,10-11H,2-3,29H2,1H3. The van der Waals surface area contributed by atoms with E-state index in [1.807, 2.05) is 30.3 Å². The van der Waals surface area contributed by atoms with E-state index in [2.05, 4.69) is 23.9 Å². The molecule has 0 aliphatic heterocycles. The summed E-state index contributed by atoms with van der Waals surface area (Å²) >= 11 is 12.1. The summed E-state index contributed by atoms with van der Waals surface area (Å²) in [5, 5.41) is 12.8. The number of hydrogen-bond acceptors (Lipinski definition) is 3. The van der Waals surface area contributed by atoms with Crippen molar-refractivity contribution in [3.63, 3.8) is 0 Å². The van der Waals surface area contributed by atoms with Crippen molar-refractivity contribution in [1.29, 1.82) is 5.26 Å². The molecule has 0 unspecified atom stereocenters. The van der Waals surface area contributed by atoms with Crippen molar-refractivity contribution in [3.05, 3.63) is 74.4 Å². The van der Waals surface area contributed by atoms with Crippen molar-refractivity contribution in [2.24, 2.45) is 0 Å². The van der Waals surface area contributed by atoms with Gasteiger partial charge in [-0.2, -0.15) is 23.5 Å². The highest BCUT2D eigenvalue weighted by molar-refractivity contribution is 6.38. The monoisotopic (exact) mass is 462 g/mol. The average molecular weight is 463 g/mol. The maximum Gasteiger partial charge on any atom is 0.416 e. The molecule has 2 aromatic carbocycles. The van der Waals surface area contributed by atoms with Crippen LogP contribution in [0.1, 0.15) is 41.3 Å². The third-order valence-corrected chi connectivity index (χ3v) is 4.98. The molecule has 3 aromatic rings. The molecular formula is C22H15Cl2F3N4. The summed E-state index contributed by atoms with van der Waals surface area (Å²) in [6.45, 7) is 2.09. The maximum absolute atomic E-state index is 13.0. The molecule has 1 aromatic heterocycles. The first-order valence-corrected chi connectivity index (χ1v) is 9.87. The van der Waals surface area contributed by atoms with Crippen LogP contribution in [0.4, 0.5) is 19.0 Å². The van der Waals surface area contributed by atoms with Gasteiger partial charge in [0, 0.05) is 5.56 Å². The van der Waals surface area contributed by atoms with Crippen LogP contribution < -0.4 is 5.73 Å². The average Bonchev–Trinajstić information content (AvgIpc) is 3.02. The van der Waals surface area contributed by atoms with Crippen molar-refractivity contribution < 1.29 is 13.2 Å². The number of hydrogen-bond donors (Lipinski definition) is 1. The van der Waals surface area contributed by atoms with Gasteiger partial charge in [-0.05, 0) is 36.2 Å². The molecule has 2 N–H and O–H groups in total.